The average molecular weight is 294 g/mol. The van der Waals surface area contributed by atoms with E-state index >= 15 is 0 Å². The van der Waals surface area contributed by atoms with Gasteiger partial charge in [-0.15, -0.1) is 0 Å². The quantitative estimate of drug-likeness (QED) is 0.728. The second kappa shape index (κ2) is 8.94. The van der Waals surface area contributed by atoms with Crippen molar-refractivity contribution in [3.63, 3.8) is 0 Å². The third-order valence-corrected chi connectivity index (χ3v) is 3.43. The SMILES string of the molecule is CCC(CCNC(=O)c1ccncc1OC)CCC(=O)O. The number of hydrogen-bond acceptors (Lipinski definition) is 4. The van der Waals surface area contributed by atoms with Crippen molar-refractivity contribution in [1.29, 1.82) is 0 Å². The average Bonchev–Trinajstić information content (AvgIpc) is 2.50. The van der Waals surface area contributed by atoms with Gasteiger partial charge in [-0.2, -0.15) is 0 Å². The molecule has 0 aliphatic heterocycles. The van der Waals surface area contributed by atoms with E-state index in [4.69, 9.17) is 9.84 Å². The zero-order chi connectivity index (χ0) is 15.7. The number of methoxy groups -OCH3 is 1. The third-order valence-electron chi connectivity index (χ3n) is 3.43. The van der Waals surface area contributed by atoms with Crippen LogP contribution >= 0.6 is 0 Å². The Labute approximate surface area is 124 Å². The van der Waals surface area contributed by atoms with Crippen molar-refractivity contribution in [3.05, 3.63) is 24.0 Å². The van der Waals surface area contributed by atoms with Crippen molar-refractivity contribution in [2.75, 3.05) is 13.7 Å². The second-order valence-electron chi connectivity index (χ2n) is 4.83. The molecule has 0 saturated heterocycles. The number of aromatic nitrogens is 1. The van der Waals surface area contributed by atoms with Crippen molar-refractivity contribution in [1.82, 2.24) is 10.3 Å². The predicted octanol–water partition coefficient (Wildman–Crippen LogP) is 2.10. The summed E-state index contributed by atoms with van der Waals surface area (Å²) in [5, 5.41) is 11.5. The first-order valence-electron chi connectivity index (χ1n) is 7.06. The maximum atomic E-state index is 12.0. The normalized spacial score (nSPS) is 11.7. The fraction of sp³-hybridized carbons (Fsp3) is 0.533. The van der Waals surface area contributed by atoms with Crippen molar-refractivity contribution in [2.45, 2.75) is 32.6 Å². The van der Waals surface area contributed by atoms with E-state index in [-0.39, 0.29) is 12.3 Å². The first-order chi connectivity index (χ1) is 10.1. The third kappa shape index (κ3) is 5.81. The molecule has 0 spiro atoms. The monoisotopic (exact) mass is 294 g/mol. The Bertz CT molecular complexity index is 476. The molecule has 0 aliphatic carbocycles. The molecule has 0 aliphatic rings. The number of carboxylic acids is 1. The molecule has 1 rings (SSSR count). The highest BCUT2D eigenvalue weighted by molar-refractivity contribution is 5.96. The van der Waals surface area contributed by atoms with Gasteiger partial charge in [0.05, 0.1) is 18.9 Å². The second-order valence-corrected chi connectivity index (χ2v) is 4.83. The molecule has 0 radical (unpaired) electrons. The molecule has 116 valence electrons. The first-order valence-corrected chi connectivity index (χ1v) is 7.06. The summed E-state index contributed by atoms with van der Waals surface area (Å²) in [6.07, 6.45) is 5.52. The number of aliphatic carboxylic acids is 1. The lowest BCUT2D eigenvalue weighted by Crippen LogP contribution is -2.26. The van der Waals surface area contributed by atoms with Crippen molar-refractivity contribution in [3.8, 4) is 5.75 Å². The van der Waals surface area contributed by atoms with Gasteiger partial charge < -0.3 is 15.2 Å². The van der Waals surface area contributed by atoms with Gasteiger partial charge in [0.2, 0.25) is 0 Å². The van der Waals surface area contributed by atoms with Crippen molar-refractivity contribution in [2.24, 2.45) is 5.92 Å². The molecule has 1 amide bonds. The number of nitrogens with zero attached hydrogens (tertiary/aromatic N) is 1. The lowest BCUT2D eigenvalue weighted by atomic mass is 9.96. The number of rotatable bonds is 9. The molecule has 0 fully saturated rings. The Balaban J connectivity index is 2.43. The van der Waals surface area contributed by atoms with E-state index in [1.165, 1.54) is 13.3 Å². The number of carbonyl (C=O) groups excluding carboxylic acids is 1. The maximum absolute atomic E-state index is 12.0. The highest BCUT2D eigenvalue weighted by Gasteiger charge is 2.13. The molecule has 1 aromatic rings. The fourth-order valence-electron chi connectivity index (χ4n) is 2.10. The Morgan fingerprint density at radius 1 is 1.43 bits per heavy atom. The summed E-state index contributed by atoms with van der Waals surface area (Å²) >= 11 is 0. The van der Waals surface area contributed by atoms with Gasteiger partial charge in [-0.3, -0.25) is 14.6 Å². The van der Waals surface area contributed by atoms with Crippen LogP contribution in [0.3, 0.4) is 0 Å². The first kappa shape index (κ1) is 16.9. The molecule has 1 aromatic heterocycles. The van der Waals surface area contributed by atoms with Gasteiger partial charge in [0.1, 0.15) is 5.75 Å². The van der Waals surface area contributed by atoms with Crippen LogP contribution in [0.4, 0.5) is 0 Å². The van der Waals surface area contributed by atoms with E-state index in [1.54, 1.807) is 12.3 Å². The van der Waals surface area contributed by atoms with Gasteiger partial charge in [-0.25, -0.2) is 0 Å². The Kier molecular flexibility index (Phi) is 7.21. The van der Waals surface area contributed by atoms with Gasteiger partial charge in [-0.1, -0.05) is 13.3 Å². The minimum atomic E-state index is -0.779. The Morgan fingerprint density at radius 2 is 2.19 bits per heavy atom. The molecule has 0 bridgehead atoms. The number of ether oxygens (including phenoxy) is 1. The number of carboxylic acid groups (broad SMARTS) is 1. The molecular weight excluding hydrogens is 272 g/mol. The van der Waals surface area contributed by atoms with E-state index in [1.807, 2.05) is 6.92 Å². The lowest BCUT2D eigenvalue weighted by Gasteiger charge is -2.14. The summed E-state index contributed by atoms with van der Waals surface area (Å²) in [5.74, 6) is -0.241. The molecule has 6 nitrogen and oxygen atoms in total. The predicted molar refractivity (Wildman–Crippen MR) is 78.4 cm³/mol. The van der Waals surface area contributed by atoms with E-state index in [2.05, 4.69) is 10.3 Å². The van der Waals surface area contributed by atoms with Crippen molar-refractivity contribution < 1.29 is 19.4 Å². The Morgan fingerprint density at radius 3 is 2.81 bits per heavy atom. The van der Waals surface area contributed by atoms with Gasteiger partial charge in [0.25, 0.3) is 5.91 Å². The van der Waals surface area contributed by atoms with Crippen LogP contribution in [-0.4, -0.2) is 35.6 Å². The number of nitrogens with one attached hydrogen (secondary N) is 1. The van der Waals surface area contributed by atoms with Crippen LogP contribution in [0.2, 0.25) is 0 Å². The highest BCUT2D eigenvalue weighted by atomic mass is 16.5. The largest absolute Gasteiger partial charge is 0.494 e. The molecule has 21 heavy (non-hydrogen) atoms. The summed E-state index contributed by atoms with van der Waals surface area (Å²) in [5.41, 5.74) is 0.450. The van der Waals surface area contributed by atoms with Gasteiger partial charge in [0.15, 0.2) is 0 Å². The van der Waals surface area contributed by atoms with Crippen LogP contribution in [0.15, 0.2) is 18.5 Å². The smallest absolute Gasteiger partial charge is 0.303 e. The van der Waals surface area contributed by atoms with E-state index in [9.17, 15) is 9.59 Å². The minimum Gasteiger partial charge on any atom is -0.494 e. The summed E-state index contributed by atoms with van der Waals surface area (Å²) < 4.78 is 5.09. The van der Waals surface area contributed by atoms with Gasteiger partial charge >= 0.3 is 5.97 Å². The Hall–Kier alpha value is -2.11. The number of hydrogen-bond donors (Lipinski definition) is 2. The van der Waals surface area contributed by atoms with E-state index in [0.717, 1.165) is 12.8 Å². The van der Waals surface area contributed by atoms with Crippen LogP contribution in [-0.2, 0) is 4.79 Å². The lowest BCUT2D eigenvalue weighted by molar-refractivity contribution is -0.137. The van der Waals surface area contributed by atoms with E-state index < -0.39 is 5.97 Å². The topological polar surface area (TPSA) is 88.5 Å². The summed E-state index contributed by atoms with van der Waals surface area (Å²) in [6.45, 7) is 2.54. The molecular formula is C15H22N2O4. The van der Waals surface area contributed by atoms with Crippen LogP contribution in [0.5, 0.6) is 5.75 Å². The summed E-state index contributed by atoms with van der Waals surface area (Å²) in [7, 11) is 1.49. The van der Waals surface area contributed by atoms with Crippen LogP contribution in [0.25, 0.3) is 0 Å². The maximum Gasteiger partial charge on any atom is 0.303 e. The fourth-order valence-corrected chi connectivity index (χ4v) is 2.10. The molecule has 0 aromatic carbocycles. The van der Waals surface area contributed by atoms with Gasteiger partial charge in [-0.05, 0) is 24.8 Å². The molecule has 6 heteroatoms. The molecule has 0 saturated carbocycles. The minimum absolute atomic E-state index is 0.171. The summed E-state index contributed by atoms with van der Waals surface area (Å²) in [4.78, 5) is 26.5. The zero-order valence-corrected chi connectivity index (χ0v) is 12.5. The van der Waals surface area contributed by atoms with Gasteiger partial charge in [0, 0.05) is 19.2 Å². The van der Waals surface area contributed by atoms with E-state index in [0.29, 0.717) is 30.2 Å². The molecule has 1 heterocycles. The van der Waals surface area contributed by atoms with Crippen molar-refractivity contribution >= 4 is 11.9 Å². The number of pyridine rings is 1. The zero-order valence-electron chi connectivity index (χ0n) is 12.5. The van der Waals surface area contributed by atoms with Crippen LogP contribution in [0.1, 0.15) is 43.0 Å². The van der Waals surface area contributed by atoms with Crippen LogP contribution < -0.4 is 10.1 Å². The number of amides is 1. The molecule has 1 atom stereocenters. The van der Waals surface area contributed by atoms with Crippen LogP contribution in [0, 0.1) is 5.92 Å². The molecule has 2 N–H and O–H groups in total. The standard InChI is InChI=1S/C15H22N2O4/c1-3-11(4-5-14(18)19)6-9-17-15(20)12-7-8-16-10-13(12)21-2/h7-8,10-11H,3-6,9H2,1-2H3,(H,17,20)(H,18,19). The number of carbonyl (C=O) groups is 2. The molecule has 1 unspecified atom stereocenters. The highest BCUT2D eigenvalue weighted by Crippen LogP contribution is 2.17. The summed E-state index contributed by atoms with van der Waals surface area (Å²) in [6, 6.07) is 1.61.